The van der Waals surface area contributed by atoms with Gasteiger partial charge in [-0.05, 0) is 50.5 Å². The van der Waals surface area contributed by atoms with Crippen LogP contribution >= 0.6 is 7.82 Å². The molecule has 0 saturated carbocycles. The summed E-state index contributed by atoms with van der Waals surface area (Å²) in [4.78, 5) is 90.3. The van der Waals surface area contributed by atoms with Crippen LogP contribution in [0.25, 0.3) is 0 Å². The molecule has 5 atom stereocenters. The van der Waals surface area contributed by atoms with Crippen LogP contribution in [0.2, 0.25) is 0 Å². The van der Waals surface area contributed by atoms with Crippen molar-refractivity contribution < 1.29 is 48.0 Å². The predicted molar refractivity (Wildman–Crippen MR) is 196 cm³/mol. The minimum atomic E-state index is -5.08. The standard InChI is InChI=1S/C34H51N10O10P/c1-21(2)15-26(39-29(46)13-12-25-18-38-43-44(25)14-8-7-11-23-9-5-4-6-10-23)32(48)40-27(16-24-17-36-20-37-24)33(49)41-28(19-45)34(50)42-30(31(35)47)22(3)54-55(51,52)53/h4-6,9-10,17-18,20-22,26-28,30,45H,7-8,11-16,19H2,1-3H3,(H2,35,47)(H,36,37)(H,39,46)(H,40,48)(H,41,49)(H,42,50)(H2,51,52,53)/t22-,26+,27+,28+,30+/m1/s1. The highest BCUT2D eigenvalue weighted by atomic mass is 31.2. The largest absolute Gasteiger partial charge is 0.469 e. The fourth-order valence-corrected chi connectivity index (χ4v) is 6.18. The van der Waals surface area contributed by atoms with Crippen LogP contribution in [-0.2, 0) is 58.9 Å². The summed E-state index contributed by atoms with van der Waals surface area (Å²) in [6.45, 7) is 4.45. The van der Waals surface area contributed by atoms with E-state index >= 15 is 0 Å². The molecule has 0 aliphatic heterocycles. The number of carbonyl (C=O) groups excluding carboxylic acids is 5. The van der Waals surface area contributed by atoms with Crippen LogP contribution in [0.4, 0.5) is 0 Å². The quantitative estimate of drug-likeness (QED) is 0.0396. The van der Waals surface area contributed by atoms with E-state index in [-0.39, 0.29) is 25.2 Å². The number of aliphatic hydroxyl groups is 1. The molecule has 5 amide bonds. The number of primary amides is 1. The van der Waals surface area contributed by atoms with Crippen molar-refractivity contribution in [2.45, 2.75) is 103 Å². The number of aryl methyl sites for hydroxylation is 3. The average Bonchev–Trinajstić information content (AvgIpc) is 3.81. The van der Waals surface area contributed by atoms with Crippen LogP contribution in [0.15, 0.2) is 49.1 Å². The van der Waals surface area contributed by atoms with Crippen molar-refractivity contribution >= 4 is 37.4 Å². The number of aromatic amines is 1. The van der Waals surface area contributed by atoms with E-state index in [2.05, 4.69) is 58.2 Å². The van der Waals surface area contributed by atoms with Gasteiger partial charge in [-0.1, -0.05) is 49.4 Å². The zero-order valence-electron chi connectivity index (χ0n) is 31.0. The van der Waals surface area contributed by atoms with Crippen molar-refractivity contribution in [1.82, 2.24) is 46.2 Å². The summed E-state index contributed by atoms with van der Waals surface area (Å²) >= 11 is 0. The topological polar surface area (TPSA) is 306 Å². The number of phosphoric ester groups is 1. The van der Waals surface area contributed by atoms with Gasteiger partial charge in [-0.3, -0.25) is 28.5 Å². The Bertz CT molecular complexity index is 1730. The highest BCUT2D eigenvalue weighted by molar-refractivity contribution is 7.46. The van der Waals surface area contributed by atoms with Crippen molar-refractivity contribution in [3.63, 3.8) is 0 Å². The number of nitrogens with zero attached hydrogens (tertiary/aromatic N) is 4. The number of amides is 5. The Morgan fingerprint density at radius 2 is 1.58 bits per heavy atom. The Hall–Kier alpha value is -5.01. The minimum Gasteiger partial charge on any atom is -0.394 e. The van der Waals surface area contributed by atoms with E-state index in [1.807, 2.05) is 32.0 Å². The summed E-state index contributed by atoms with van der Waals surface area (Å²) in [5.41, 5.74) is 7.73. The van der Waals surface area contributed by atoms with E-state index in [1.165, 1.54) is 18.1 Å². The van der Waals surface area contributed by atoms with E-state index in [0.29, 0.717) is 18.7 Å². The molecular formula is C34H51N10O10P. The number of unbranched alkanes of at least 4 members (excludes halogenated alkanes) is 1. The molecule has 0 spiro atoms. The first-order valence-electron chi connectivity index (χ1n) is 17.8. The molecule has 3 aromatic rings. The summed E-state index contributed by atoms with van der Waals surface area (Å²) in [6.07, 6.45) is 5.98. The summed E-state index contributed by atoms with van der Waals surface area (Å²) < 4.78 is 17.5. The number of imidazole rings is 1. The van der Waals surface area contributed by atoms with Gasteiger partial charge in [0, 0.05) is 31.3 Å². The molecule has 0 aliphatic rings. The van der Waals surface area contributed by atoms with Gasteiger partial charge in [0.1, 0.15) is 24.2 Å². The first-order valence-corrected chi connectivity index (χ1v) is 19.3. The SMILES string of the molecule is CC(C)C[C@H](NC(=O)CCc1cnnn1CCCCc1ccccc1)C(=O)N[C@@H](Cc1cnc[nH]1)C(=O)N[C@@H](CO)C(=O)N[C@H](C(N)=O)[C@@H](C)OP(=O)(O)O. The smallest absolute Gasteiger partial charge is 0.394 e. The van der Waals surface area contributed by atoms with Crippen LogP contribution in [0.3, 0.4) is 0 Å². The van der Waals surface area contributed by atoms with E-state index in [0.717, 1.165) is 31.9 Å². The van der Waals surface area contributed by atoms with Crippen LogP contribution in [-0.4, -0.2) is 106 Å². The lowest BCUT2D eigenvalue weighted by Gasteiger charge is -2.27. The van der Waals surface area contributed by atoms with Crippen LogP contribution < -0.4 is 27.0 Å². The Balaban J connectivity index is 1.64. The summed E-state index contributed by atoms with van der Waals surface area (Å²) in [5.74, 6) is -4.42. The van der Waals surface area contributed by atoms with Crippen LogP contribution in [0.1, 0.15) is 63.4 Å². The molecule has 0 fully saturated rings. The molecule has 0 unspecified atom stereocenters. The van der Waals surface area contributed by atoms with E-state index in [9.17, 15) is 33.6 Å². The molecule has 55 heavy (non-hydrogen) atoms. The van der Waals surface area contributed by atoms with Gasteiger partial charge < -0.3 is 46.9 Å². The average molecular weight is 791 g/mol. The van der Waals surface area contributed by atoms with Crippen molar-refractivity contribution in [3.05, 3.63) is 66.0 Å². The lowest BCUT2D eigenvalue weighted by atomic mass is 10.0. The predicted octanol–water partition coefficient (Wildman–Crippen LogP) is -0.840. The van der Waals surface area contributed by atoms with Crippen LogP contribution in [0, 0.1) is 5.92 Å². The molecule has 0 bridgehead atoms. The van der Waals surface area contributed by atoms with Gasteiger partial charge in [0.25, 0.3) is 0 Å². The highest BCUT2D eigenvalue weighted by Crippen LogP contribution is 2.38. The molecule has 2 heterocycles. The lowest BCUT2D eigenvalue weighted by Crippen LogP contribution is -2.60. The molecule has 20 nitrogen and oxygen atoms in total. The molecular weight excluding hydrogens is 739 g/mol. The summed E-state index contributed by atoms with van der Waals surface area (Å²) in [5, 5.41) is 27.9. The summed E-state index contributed by atoms with van der Waals surface area (Å²) in [7, 11) is -5.08. The van der Waals surface area contributed by atoms with Gasteiger partial charge in [-0.15, -0.1) is 5.10 Å². The number of aliphatic hydroxyl groups excluding tert-OH is 1. The minimum absolute atomic E-state index is 0.0364. The van der Waals surface area contributed by atoms with Crippen molar-refractivity contribution in [2.75, 3.05) is 6.61 Å². The Labute approximate surface area is 318 Å². The monoisotopic (exact) mass is 790 g/mol. The van der Waals surface area contributed by atoms with Gasteiger partial charge in [-0.25, -0.2) is 14.2 Å². The Morgan fingerprint density at radius 1 is 0.909 bits per heavy atom. The Morgan fingerprint density at radius 3 is 2.20 bits per heavy atom. The second-order valence-electron chi connectivity index (χ2n) is 13.4. The van der Waals surface area contributed by atoms with Gasteiger partial charge in [0.2, 0.25) is 29.5 Å². The second kappa shape index (κ2) is 21.8. The van der Waals surface area contributed by atoms with Gasteiger partial charge in [0.05, 0.1) is 30.9 Å². The molecule has 0 saturated heterocycles. The molecule has 1 aromatic carbocycles. The van der Waals surface area contributed by atoms with Crippen molar-refractivity contribution in [1.29, 1.82) is 0 Å². The number of hydrogen-bond donors (Lipinski definition) is 9. The number of nitrogens with two attached hydrogens (primary N) is 1. The number of carbonyl (C=O) groups is 5. The third-order valence-corrected chi connectivity index (χ3v) is 9.00. The van der Waals surface area contributed by atoms with Crippen molar-refractivity contribution in [2.24, 2.45) is 11.7 Å². The molecule has 3 rings (SSSR count). The van der Waals surface area contributed by atoms with Gasteiger partial charge in [-0.2, -0.15) is 0 Å². The normalized spacial score (nSPS) is 14.3. The molecule has 0 aliphatic carbocycles. The number of nitrogens with one attached hydrogen (secondary N) is 5. The molecule has 2 aromatic heterocycles. The van der Waals surface area contributed by atoms with E-state index < -0.39 is 74.2 Å². The number of rotatable bonds is 24. The third kappa shape index (κ3) is 15.7. The maximum absolute atomic E-state index is 13.7. The number of phosphoric acid groups is 1. The molecule has 302 valence electrons. The van der Waals surface area contributed by atoms with Crippen molar-refractivity contribution in [3.8, 4) is 0 Å². The number of aromatic nitrogens is 5. The lowest BCUT2D eigenvalue weighted by molar-refractivity contribution is -0.135. The molecule has 10 N–H and O–H groups in total. The number of benzene rings is 1. The molecule has 0 radical (unpaired) electrons. The fraction of sp³-hybridized carbons (Fsp3) is 0.529. The van der Waals surface area contributed by atoms with Gasteiger partial charge >= 0.3 is 7.82 Å². The van der Waals surface area contributed by atoms with Crippen LogP contribution in [0.5, 0.6) is 0 Å². The summed E-state index contributed by atoms with van der Waals surface area (Å²) in [6, 6.07) is 4.30. The van der Waals surface area contributed by atoms with E-state index in [4.69, 9.17) is 15.5 Å². The van der Waals surface area contributed by atoms with E-state index in [1.54, 1.807) is 10.9 Å². The third-order valence-electron chi connectivity index (χ3n) is 8.40. The second-order valence-corrected chi connectivity index (χ2v) is 14.6. The number of H-pyrrole nitrogens is 1. The maximum atomic E-state index is 13.7. The fourth-order valence-electron chi connectivity index (χ4n) is 5.62. The zero-order chi connectivity index (χ0) is 40.5. The zero-order valence-corrected chi connectivity index (χ0v) is 31.9. The molecule has 21 heteroatoms. The number of hydrogen-bond acceptors (Lipinski definition) is 11. The highest BCUT2D eigenvalue weighted by Gasteiger charge is 2.35. The first-order chi connectivity index (χ1) is 26.1. The first kappa shape index (κ1) is 44.4. The van der Waals surface area contributed by atoms with Gasteiger partial charge in [0.15, 0.2) is 0 Å². The maximum Gasteiger partial charge on any atom is 0.469 e. The Kier molecular flexibility index (Phi) is 17.6.